The molecule has 0 unspecified atom stereocenters. The van der Waals surface area contributed by atoms with Crippen LogP contribution >= 0.6 is 0 Å². The van der Waals surface area contributed by atoms with Gasteiger partial charge in [-0.15, -0.1) is 0 Å². The van der Waals surface area contributed by atoms with Crippen molar-refractivity contribution in [1.82, 2.24) is 4.90 Å². The van der Waals surface area contributed by atoms with Crippen molar-refractivity contribution in [1.29, 1.82) is 0 Å². The number of carbonyl (C=O) groups is 3. The molecule has 0 radical (unpaired) electrons. The molecule has 198 valence electrons. The zero-order valence-electron chi connectivity index (χ0n) is 22.3. The smallest absolute Gasteiger partial charge is 0.251 e. The lowest BCUT2D eigenvalue weighted by atomic mass is 9.57. The van der Waals surface area contributed by atoms with Gasteiger partial charge in [0.2, 0.25) is 5.91 Å². The van der Waals surface area contributed by atoms with Gasteiger partial charge in [0, 0.05) is 23.0 Å². The summed E-state index contributed by atoms with van der Waals surface area (Å²) in [5, 5.41) is 6.27. The van der Waals surface area contributed by atoms with Crippen molar-refractivity contribution >= 4 is 29.0 Å². The Morgan fingerprint density at radius 3 is 2.59 bits per heavy atom. The summed E-state index contributed by atoms with van der Waals surface area (Å²) in [6, 6.07) is 18.6. The first-order chi connectivity index (χ1) is 18.9. The second kappa shape index (κ2) is 8.26. The molecule has 2 N–H and O–H groups in total. The van der Waals surface area contributed by atoms with Gasteiger partial charge in [-0.1, -0.05) is 48.0 Å². The van der Waals surface area contributed by atoms with Gasteiger partial charge >= 0.3 is 0 Å². The molecule has 39 heavy (non-hydrogen) atoms. The fourth-order valence-electron chi connectivity index (χ4n) is 8.16. The molecule has 2 fully saturated rings. The molecular formula is C32H31N3O4. The topological polar surface area (TPSA) is 87.7 Å². The maximum Gasteiger partial charge on any atom is 0.251 e. The normalized spacial score (nSPS) is 28.4. The number of nitrogens with zero attached hydrogens (tertiary/aromatic N) is 1. The number of ketones is 1. The summed E-state index contributed by atoms with van der Waals surface area (Å²) in [6.07, 6.45) is 1.57. The quantitative estimate of drug-likeness (QED) is 0.486. The van der Waals surface area contributed by atoms with Crippen molar-refractivity contribution in [2.75, 3.05) is 23.8 Å². The highest BCUT2D eigenvalue weighted by atomic mass is 16.5. The van der Waals surface area contributed by atoms with Crippen molar-refractivity contribution in [3.63, 3.8) is 0 Å². The first kappa shape index (κ1) is 24.1. The van der Waals surface area contributed by atoms with E-state index < -0.39 is 16.9 Å². The van der Waals surface area contributed by atoms with Crippen molar-refractivity contribution in [3.8, 4) is 5.75 Å². The Morgan fingerprint density at radius 2 is 1.77 bits per heavy atom. The van der Waals surface area contributed by atoms with Crippen LogP contribution in [0.25, 0.3) is 0 Å². The lowest BCUT2D eigenvalue weighted by molar-refractivity contribution is -0.137. The predicted molar refractivity (Wildman–Crippen MR) is 148 cm³/mol. The molecule has 7 heteroatoms. The van der Waals surface area contributed by atoms with Gasteiger partial charge in [0.15, 0.2) is 5.78 Å². The molecule has 2 spiro atoms. The maximum atomic E-state index is 14.9. The van der Waals surface area contributed by atoms with E-state index >= 15 is 0 Å². The van der Waals surface area contributed by atoms with Crippen LogP contribution in [0.2, 0.25) is 0 Å². The number of benzene rings is 3. The number of anilines is 2. The molecule has 4 aliphatic heterocycles. The number of para-hydroxylation sites is 2. The Bertz CT molecular complexity index is 1580. The molecule has 7 rings (SSSR count). The van der Waals surface area contributed by atoms with Crippen LogP contribution in [0.1, 0.15) is 52.4 Å². The average molecular weight is 522 g/mol. The first-order valence-corrected chi connectivity index (χ1v) is 13.7. The molecule has 0 aromatic heterocycles. The van der Waals surface area contributed by atoms with Crippen LogP contribution in [0.5, 0.6) is 5.75 Å². The summed E-state index contributed by atoms with van der Waals surface area (Å²) in [4.78, 5) is 46.3. The van der Waals surface area contributed by atoms with Gasteiger partial charge in [0.1, 0.15) is 16.7 Å². The van der Waals surface area contributed by atoms with E-state index in [-0.39, 0.29) is 23.6 Å². The zero-order valence-corrected chi connectivity index (χ0v) is 22.3. The molecular weight excluding hydrogens is 490 g/mol. The van der Waals surface area contributed by atoms with Crippen LogP contribution < -0.4 is 15.4 Å². The molecule has 0 saturated carbocycles. The lowest BCUT2D eigenvalue weighted by Gasteiger charge is -2.43. The summed E-state index contributed by atoms with van der Waals surface area (Å²) in [6.45, 7) is 6.92. The Morgan fingerprint density at radius 1 is 1.00 bits per heavy atom. The van der Waals surface area contributed by atoms with Crippen LogP contribution in [0.4, 0.5) is 11.4 Å². The largest absolute Gasteiger partial charge is 0.493 e. The molecule has 4 atom stereocenters. The van der Waals surface area contributed by atoms with E-state index in [4.69, 9.17) is 4.74 Å². The summed E-state index contributed by atoms with van der Waals surface area (Å²) in [7, 11) is 0. The van der Waals surface area contributed by atoms with Crippen LogP contribution in [-0.2, 0) is 20.5 Å². The highest BCUT2D eigenvalue weighted by Gasteiger charge is 2.81. The minimum Gasteiger partial charge on any atom is -0.493 e. The predicted octanol–water partition coefficient (Wildman–Crippen LogP) is 4.72. The minimum atomic E-state index is -1.46. The summed E-state index contributed by atoms with van der Waals surface area (Å²) in [5.74, 6) is -0.987. The van der Waals surface area contributed by atoms with E-state index in [0.717, 1.165) is 35.2 Å². The molecule has 3 aromatic carbocycles. The number of nitrogens with one attached hydrogen (secondary N) is 2. The van der Waals surface area contributed by atoms with Crippen molar-refractivity contribution in [3.05, 3.63) is 88.5 Å². The van der Waals surface area contributed by atoms with Crippen LogP contribution in [0.3, 0.4) is 0 Å². The maximum absolute atomic E-state index is 14.9. The fraction of sp³-hybridized carbons (Fsp3) is 0.344. The fourth-order valence-corrected chi connectivity index (χ4v) is 8.16. The van der Waals surface area contributed by atoms with E-state index in [1.54, 1.807) is 12.1 Å². The second-order valence-corrected chi connectivity index (χ2v) is 11.2. The van der Waals surface area contributed by atoms with Crippen molar-refractivity contribution in [2.45, 2.75) is 50.6 Å². The van der Waals surface area contributed by atoms with E-state index in [2.05, 4.69) is 15.5 Å². The van der Waals surface area contributed by atoms with Gasteiger partial charge in [0.05, 0.1) is 18.1 Å². The Hall–Kier alpha value is -3.97. The van der Waals surface area contributed by atoms with E-state index in [1.807, 2.05) is 69.3 Å². The van der Waals surface area contributed by atoms with E-state index in [1.165, 1.54) is 0 Å². The number of fused-ring (bicyclic) bond motifs is 7. The van der Waals surface area contributed by atoms with Crippen molar-refractivity contribution in [2.24, 2.45) is 5.92 Å². The number of rotatable bonds is 4. The Kier molecular flexibility index (Phi) is 5.11. The number of hydrogen-bond donors (Lipinski definition) is 2. The summed E-state index contributed by atoms with van der Waals surface area (Å²) < 4.78 is 5.89. The number of hydrogen-bond acceptors (Lipinski definition) is 5. The highest BCUT2D eigenvalue weighted by Crippen LogP contribution is 2.68. The molecule has 0 bridgehead atoms. The molecule has 7 nitrogen and oxygen atoms in total. The molecule has 2 amide bonds. The van der Waals surface area contributed by atoms with E-state index in [0.29, 0.717) is 35.7 Å². The van der Waals surface area contributed by atoms with Crippen molar-refractivity contribution < 1.29 is 19.1 Å². The molecule has 0 aliphatic carbocycles. The van der Waals surface area contributed by atoms with Crippen LogP contribution in [0, 0.1) is 19.8 Å². The zero-order chi connectivity index (χ0) is 27.1. The van der Waals surface area contributed by atoms with Crippen LogP contribution in [0.15, 0.2) is 60.7 Å². The summed E-state index contributed by atoms with van der Waals surface area (Å²) >= 11 is 0. The number of amides is 2. The number of ether oxygens (including phenoxy) is 1. The third-order valence-corrected chi connectivity index (χ3v) is 9.28. The Balaban J connectivity index is 1.59. The molecule has 2 saturated heterocycles. The first-order valence-electron chi connectivity index (χ1n) is 13.7. The number of aryl methyl sites for hydroxylation is 2. The third kappa shape index (κ3) is 2.78. The molecule has 4 aliphatic rings. The lowest BCUT2D eigenvalue weighted by Crippen LogP contribution is -2.62. The minimum absolute atomic E-state index is 0.162. The molecule has 3 aromatic rings. The SMILES string of the molecule is CCOc1ccccc1C(=O)[C@@H]1[C@@H]2CCCN2[C@]2(C(=O)Nc3c(C)cc(C)cc32)[C@@]12C(=O)Nc1ccccc12. The highest BCUT2D eigenvalue weighted by molar-refractivity contribution is 6.21. The molecule has 4 heterocycles. The average Bonchev–Trinajstić information content (AvgIpc) is 3.64. The van der Waals surface area contributed by atoms with Gasteiger partial charge in [-0.3, -0.25) is 19.3 Å². The summed E-state index contributed by atoms with van der Waals surface area (Å²) in [5.41, 5.74) is 2.49. The van der Waals surface area contributed by atoms with Gasteiger partial charge in [-0.25, -0.2) is 0 Å². The third-order valence-electron chi connectivity index (χ3n) is 9.28. The van der Waals surface area contributed by atoms with Crippen LogP contribution in [-0.4, -0.2) is 41.7 Å². The monoisotopic (exact) mass is 521 g/mol. The number of carbonyl (C=O) groups excluding carboxylic acids is 3. The van der Waals surface area contributed by atoms with Gasteiger partial charge in [-0.05, 0) is 69.5 Å². The van der Waals surface area contributed by atoms with Gasteiger partial charge in [0.25, 0.3) is 5.91 Å². The standard InChI is InChI=1S/C32H31N3O4/c1-4-39-25-14-8-5-10-20(25)28(36)26-24-13-9-15-35(24)32(22-17-18(2)16-19(3)27(22)34-30(32)38)31(26)21-11-6-7-12-23(21)33-29(31)37/h5-8,10-12,14,16-17,24,26H,4,9,13,15H2,1-3H3,(H,33,37)(H,34,38)/t24-,26-,31+,32+/m0/s1. The Labute approximate surface area is 227 Å². The van der Waals surface area contributed by atoms with Gasteiger partial charge in [-0.2, -0.15) is 0 Å². The van der Waals surface area contributed by atoms with E-state index in [9.17, 15) is 14.4 Å². The second-order valence-electron chi connectivity index (χ2n) is 11.2. The number of Topliss-reactive ketones (excluding diaryl/α,β-unsaturated/α-hetero) is 1. The van der Waals surface area contributed by atoms with Gasteiger partial charge < -0.3 is 15.4 Å².